The fourth-order valence-electron chi connectivity index (χ4n) is 2.15. The minimum Gasteiger partial charge on any atom is -0.366 e. The van der Waals surface area contributed by atoms with E-state index in [2.05, 4.69) is 25.6 Å². The molecule has 0 aliphatic rings. The molecule has 6 nitrogen and oxygen atoms in total. The normalized spacial score (nSPS) is 10.3. The molecule has 2 N–H and O–H groups in total. The lowest BCUT2D eigenvalue weighted by Gasteiger charge is -2.08. The molecule has 0 saturated carbocycles. The standard InChI is InChI=1S/C18H16FN5O/c19-15-3-1-13(2-4-15)11-22-18(25)16-9-17(24-12-23-16)21-10-14-5-7-20-8-6-14/h1-9,12H,10-11H2,(H,22,25)(H,21,23,24). The van der Waals surface area contributed by atoms with E-state index < -0.39 is 0 Å². The largest absolute Gasteiger partial charge is 0.366 e. The van der Waals surface area contributed by atoms with Crippen LogP contribution in [0.3, 0.4) is 0 Å². The van der Waals surface area contributed by atoms with E-state index in [9.17, 15) is 9.18 Å². The van der Waals surface area contributed by atoms with Crippen LogP contribution in [0.4, 0.5) is 10.2 Å². The van der Waals surface area contributed by atoms with Crippen molar-refractivity contribution in [3.05, 3.63) is 83.8 Å². The lowest BCUT2D eigenvalue weighted by Crippen LogP contribution is -2.24. The van der Waals surface area contributed by atoms with E-state index in [1.165, 1.54) is 18.5 Å². The van der Waals surface area contributed by atoms with Gasteiger partial charge in [-0.1, -0.05) is 12.1 Å². The monoisotopic (exact) mass is 337 g/mol. The first-order chi connectivity index (χ1) is 12.2. The summed E-state index contributed by atoms with van der Waals surface area (Å²) < 4.78 is 12.9. The molecule has 1 aromatic carbocycles. The molecule has 2 heterocycles. The van der Waals surface area contributed by atoms with Gasteiger partial charge in [-0.15, -0.1) is 0 Å². The molecule has 7 heteroatoms. The topological polar surface area (TPSA) is 79.8 Å². The Kier molecular flexibility index (Phi) is 5.26. The van der Waals surface area contributed by atoms with Gasteiger partial charge in [0.25, 0.3) is 5.91 Å². The fraction of sp³-hybridized carbons (Fsp3) is 0.111. The van der Waals surface area contributed by atoms with Crippen molar-refractivity contribution in [2.75, 3.05) is 5.32 Å². The van der Waals surface area contributed by atoms with Crippen LogP contribution in [0.25, 0.3) is 0 Å². The molecule has 0 saturated heterocycles. The highest BCUT2D eigenvalue weighted by atomic mass is 19.1. The van der Waals surface area contributed by atoms with E-state index in [0.717, 1.165) is 11.1 Å². The first kappa shape index (κ1) is 16.5. The number of pyridine rings is 1. The highest BCUT2D eigenvalue weighted by molar-refractivity contribution is 5.92. The van der Waals surface area contributed by atoms with Gasteiger partial charge < -0.3 is 10.6 Å². The predicted molar refractivity (Wildman–Crippen MR) is 91.2 cm³/mol. The molecule has 3 aromatic rings. The molecule has 0 unspecified atom stereocenters. The van der Waals surface area contributed by atoms with E-state index in [1.54, 1.807) is 30.6 Å². The highest BCUT2D eigenvalue weighted by Gasteiger charge is 2.08. The van der Waals surface area contributed by atoms with Gasteiger partial charge >= 0.3 is 0 Å². The van der Waals surface area contributed by atoms with Gasteiger partial charge in [-0.3, -0.25) is 9.78 Å². The second kappa shape index (κ2) is 7.96. The number of amides is 1. The number of nitrogens with one attached hydrogen (secondary N) is 2. The number of aromatic nitrogens is 3. The third-order valence-corrected chi connectivity index (χ3v) is 3.49. The molecule has 2 aromatic heterocycles. The SMILES string of the molecule is O=C(NCc1ccc(F)cc1)c1cc(NCc2ccncc2)ncn1. The molecule has 0 aliphatic heterocycles. The van der Waals surface area contributed by atoms with Gasteiger partial charge in [-0.25, -0.2) is 14.4 Å². The number of halogens is 1. The zero-order valence-electron chi connectivity index (χ0n) is 13.3. The predicted octanol–water partition coefficient (Wildman–Crippen LogP) is 2.55. The second-order valence-electron chi connectivity index (χ2n) is 5.31. The minimum atomic E-state index is -0.321. The molecule has 0 spiro atoms. The number of nitrogens with zero attached hydrogens (tertiary/aromatic N) is 3. The van der Waals surface area contributed by atoms with Crippen LogP contribution in [0, 0.1) is 5.82 Å². The molecule has 0 radical (unpaired) electrons. The maximum absolute atomic E-state index is 12.9. The maximum Gasteiger partial charge on any atom is 0.270 e. The number of benzene rings is 1. The van der Waals surface area contributed by atoms with E-state index in [0.29, 0.717) is 18.9 Å². The highest BCUT2D eigenvalue weighted by Crippen LogP contribution is 2.07. The van der Waals surface area contributed by atoms with Crippen LogP contribution in [-0.2, 0) is 13.1 Å². The van der Waals surface area contributed by atoms with E-state index in [4.69, 9.17) is 0 Å². The van der Waals surface area contributed by atoms with Gasteiger partial charge in [0.05, 0.1) is 0 Å². The number of hydrogen-bond acceptors (Lipinski definition) is 5. The number of carbonyl (C=O) groups excluding carboxylic acids is 1. The summed E-state index contributed by atoms with van der Waals surface area (Å²) in [5, 5.41) is 5.88. The van der Waals surface area contributed by atoms with Crippen molar-refractivity contribution < 1.29 is 9.18 Å². The molecular formula is C18H16FN5O. The first-order valence-corrected chi connectivity index (χ1v) is 7.68. The molecule has 1 amide bonds. The van der Waals surface area contributed by atoms with Crippen LogP contribution in [-0.4, -0.2) is 20.9 Å². The molecule has 0 bridgehead atoms. The summed E-state index contributed by atoms with van der Waals surface area (Å²) in [5.41, 5.74) is 2.12. The third-order valence-electron chi connectivity index (χ3n) is 3.49. The fourth-order valence-corrected chi connectivity index (χ4v) is 2.15. The van der Waals surface area contributed by atoms with Crippen molar-refractivity contribution in [1.29, 1.82) is 0 Å². The Morgan fingerprint density at radius 2 is 1.68 bits per heavy atom. The third kappa shape index (κ3) is 4.81. The molecule has 0 fully saturated rings. The summed E-state index contributed by atoms with van der Waals surface area (Å²) >= 11 is 0. The molecule has 25 heavy (non-hydrogen) atoms. The van der Waals surface area contributed by atoms with Crippen LogP contribution in [0.15, 0.2) is 61.2 Å². The summed E-state index contributed by atoms with van der Waals surface area (Å²) in [4.78, 5) is 24.3. The maximum atomic E-state index is 12.9. The van der Waals surface area contributed by atoms with E-state index in [1.807, 2.05) is 12.1 Å². The van der Waals surface area contributed by atoms with Gasteiger partial charge in [0.1, 0.15) is 23.7 Å². The zero-order chi connectivity index (χ0) is 17.5. The molecule has 126 valence electrons. The van der Waals surface area contributed by atoms with Crippen LogP contribution >= 0.6 is 0 Å². The van der Waals surface area contributed by atoms with Gasteiger partial charge in [0.15, 0.2) is 0 Å². The van der Waals surface area contributed by atoms with Gasteiger partial charge in [-0.2, -0.15) is 0 Å². The Morgan fingerprint density at radius 1 is 0.960 bits per heavy atom. The van der Waals surface area contributed by atoms with Crippen molar-refractivity contribution in [2.45, 2.75) is 13.1 Å². The number of anilines is 1. The Balaban J connectivity index is 1.58. The molecule has 3 rings (SSSR count). The van der Waals surface area contributed by atoms with Crippen molar-refractivity contribution >= 4 is 11.7 Å². The smallest absolute Gasteiger partial charge is 0.270 e. The van der Waals surface area contributed by atoms with E-state index >= 15 is 0 Å². The molecule has 0 aliphatic carbocycles. The molecule has 0 atom stereocenters. The Bertz CT molecular complexity index is 840. The first-order valence-electron chi connectivity index (χ1n) is 7.68. The lowest BCUT2D eigenvalue weighted by atomic mass is 10.2. The average molecular weight is 337 g/mol. The van der Waals surface area contributed by atoms with Crippen LogP contribution < -0.4 is 10.6 Å². The summed E-state index contributed by atoms with van der Waals surface area (Å²) in [5.74, 6) is -0.0757. The van der Waals surface area contributed by atoms with Crippen LogP contribution in [0.2, 0.25) is 0 Å². The Morgan fingerprint density at radius 3 is 2.44 bits per heavy atom. The summed E-state index contributed by atoms with van der Waals surface area (Å²) in [6.45, 7) is 0.860. The Hall–Kier alpha value is -3.35. The number of hydrogen-bond donors (Lipinski definition) is 2. The quantitative estimate of drug-likeness (QED) is 0.723. The van der Waals surface area contributed by atoms with Crippen LogP contribution in [0.1, 0.15) is 21.6 Å². The minimum absolute atomic E-state index is 0.259. The van der Waals surface area contributed by atoms with Gasteiger partial charge in [-0.05, 0) is 35.4 Å². The van der Waals surface area contributed by atoms with Crippen molar-refractivity contribution in [1.82, 2.24) is 20.3 Å². The van der Waals surface area contributed by atoms with Crippen molar-refractivity contribution in [3.63, 3.8) is 0 Å². The summed E-state index contributed by atoms with van der Waals surface area (Å²) in [7, 11) is 0. The summed E-state index contributed by atoms with van der Waals surface area (Å²) in [6, 6.07) is 11.3. The van der Waals surface area contributed by atoms with Crippen molar-refractivity contribution in [3.8, 4) is 0 Å². The average Bonchev–Trinajstić information content (AvgIpc) is 2.67. The zero-order valence-corrected chi connectivity index (χ0v) is 13.3. The van der Waals surface area contributed by atoms with E-state index in [-0.39, 0.29) is 17.4 Å². The summed E-state index contributed by atoms with van der Waals surface area (Å²) in [6.07, 6.45) is 4.76. The van der Waals surface area contributed by atoms with Gasteiger partial charge in [0, 0.05) is 31.5 Å². The van der Waals surface area contributed by atoms with Crippen LogP contribution in [0.5, 0.6) is 0 Å². The van der Waals surface area contributed by atoms with Crippen molar-refractivity contribution in [2.24, 2.45) is 0 Å². The lowest BCUT2D eigenvalue weighted by molar-refractivity contribution is 0.0946. The van der Waals surface area contributed by atoms with Gasteiger partial charge in [0.2, 0.25) is 0 Å². The number of rotatable bonds is 6. The second-order valence-corrected chi connectivity index (χ2v) is 5.31. The number of carbonyl (C=O) groups is 1. The Labute approximate surface area is 144 Å². The molecular weight excluding hydrogens is 321 g/mol.